The Balaban J connectivity index is 1.61. The lowest BCUT2D eigenvalue weighted by Crippen LogP contribution is -2.28. The molecule has 0 saturated carbocycles. The summed E-state index contributed by atoms with van der Waals surface area (Å²) in [5, 5.41) is 8.81. The van der Waals surface area contributed by atoms with Crippen molar-refractivity contribution in [2.24, 2.45) is 0 Å². The van der Waals surface area contributed by atoms with Crippen molar-refractivity contribution >= 4 is 52.4 Å². The highest BCUT2D eigenvalue weighted by Crippen LogP contribution is 2.35. The molecule has 3 aromatic heterocycles. The summed E-state index contributed by atoms with van der Waals surface area (Å²) in [5.74, 6) is 0.195. The first-order valence-corrected chi connectivity index (χ1v) is 11.9. The van der Waals surface area contributed by atoms with Crippen molar-refractivity contribution in [2.45, 2.75) is 19.6 Å². The number of furan rings is 1. The van der Waals surface area contributed by atoms with E-state index in [1.54, 1.807) is 41.2 Å². The minimum absolute atomic E-state index is 0.206. The third-order valence-electron chi connectivity index (χ3n) is 5.53. The molecule has 7 nitrogen and oxygen atoms in total. The summed E-state index contributed by atoms with van der Waals surface area (Å²) in [6.07, 6.45) is 3.49. The predicted molar refractivity (Wildman–Crippen MR) is 135 cm³/mol. The second kappa shape index (κ2) is 9.87. The van der Waals surface area contributed by atoms with Gasteiger partial charge in [0.25, 0.3) is 5.91 Å². The Morgan fingerprint density at radius 2 is 2.00 bits per heavy atom. The van der Waals surface area contributed by atoms with Crippen LogP contribution in [0.2, 0.25) is 15.3 Å². The number of hydrogen-bond acceptors (Lipinski definition) is 5. The van der Waals surface area contributed by atoms with E-state index in [1.807, 2.05) is 31.2 Å². The van der Waals surface area contributed by atoms with Crippen molar-refractivity contribution in [1.29, 1.82) is 0 Å². The summed E-state index contributed by atoms with van der Waals surface area (Å²) < 4.78 is 13.0. The third kappa shape index (κ3) is 4.86. The molecule has 35 heavy (non-hydrogen) atoms. The minimum Gasteiger partial charge on any atom is -0.445 e. The fraction of sp³-hybridized carbons (Fsp3) is 0.160. The van der Waals surface area contributed by atoms with E-state index >= 15 is 0 Å². The maximum absolute atomic E-state index is 13.4. The molecule has 1 atom stereocenters. The number of rotatable bonds is 5. The smallest absolute Gasteiger partial charge is 0.272 e. The highest BCUT2D eigenvalue weighted by Gasteiger charge is 2.30. The number of nitrogens with one attached hydrogen (secondary N) is 1. The standard InChI is InChI=1S/C25H19Cl3N4O3/c1-14(20-4-2-3-9-29-20)30-25(33)23-18-13-34-12-15(10-17-6-8-22(28)35-17)24(18)32(31-23)21-7-5-16(26)11-19(21)27/h2-11,14H,12-13H2,1H3,(H,30,33)/b15-10+/t14-/m1/s1. The molecule has 4 heterocycles. The largest absolute Gasteiger partial charge is 0.445 e. The minimum atomic E-state index is -0.353. The van der Waals surface area contributed by atoms with Gasteiger partial charge in [0.15, 0.2) is 10.9 Å². The molecule has 4 aromatic rings. The highest BCUT2D eigenvalue weighted by atomic mass is 35.5. The van der Waals surface area contributed by atoms with Gasteiger partial charge in [-0.3, -0.25) is 9.78 Å². The van der Waals surface area contributed by atoms with Crippen molar-refractivity contribution in [3.05, 3.63) is 98.4 Å². The van der Waals surface area contributed by atoms with Crippen LogP contribution in [0.15, 0.2) is 59.1 Å². The molecule has 1 N–H and O–H groups in total. The van der Waals surface area contributed by atoms with Crippen LogP contribution in [0.4, 0.5) is 0 Å². The zero-order valence-corrected chi connectivity index (χ0v) is 20.7. The molecular weight excluding hydrogens is 511 g/mol. The van der Waals surface area contributed by atoms with E-state index in [9.17, 15) is 4.79 Å². The Kier molecular flexibility index (Phi) is 6.67. The van der Waals surface area contributed by atoms with Gasteiger partial charge in [-0.1, -0.05) is 29.3 Å². The van der Waals surface area contributed by atoms with Crippen molar-refractivity contribution in [2.75, 3.05) is 6.61 Å². The number of halogens is 3. The summed E-state index contributed by atoms with van der Waals surface area (Å²) >= 11 is 18.6. The molecule has 1 aliphatic heterocycles. The van der Waals surface area contributed by atoms with Gasteiger partial charge >= 0.3 is 0 Å². The van der Waals surface area contributed by atoms with E-state index in [0.717, 1.165) is 11.3 Å². The summed E-state index contributed by atoms with van der Waals surface area (Å²) in [7, 11) is 0. The Labute approximate surface area is 216 Å². The first-order chi connectivity index (χ1) is 16.9. The molecule has 0 bridgehead atoms. The first kappa shape index (κ1) is 23.6. The number of nitrogens with zero attached hydrogens (tertiary/aromatic N) is 3. The van der Waals surface area contributed by atoms with Gasteiger partial charge in [-0.05, 0) is 67.1 Å². The topological polar surface area (TPSA) is 82.2 Å². The first-order valence-electron chi connectivity index (χ1n) is 10.7. The normalized spacial score (nSPS) is 15.1. The van der Waals surface area contributed by atoms with Gasteiger partial charge < -0.3 is 14.5 Å². The maximum Gasteiger partial charge on any atom is 0.272 e. The van der Waals surface area contributed by atoms with Crippen molar-refractivity contribution in [3.63, 3.8) is 0 Å². The summed E-state index contributed by atoms with van der Waals surface area (Å²) in [6.45, 7) is 2.35. The van der Waals surface area contributed by atoms with Crippen LogP contribution in [-0.4, -0.2) is 27.3 Å². The van der Waals surface area contributed by atoms with Crippen molar-refractivity contribution in [1.82, 2.24) is 20.1 Å². The summed E-state index contributed by atoms with van der Waals surface area (Å²) in [5.41, 5.74) is 3.64. The Morgan fingerprint density at radius 3 is 2.71 bits per heavy atom. The van der Waals surface area contributed by atoms with Crippen LogP contribution in [0, 0.1) is 0 Å². The van der Waals surface area contributed by atoms with E-state index in [0.29, 0.717) is 32.8 Å². The van der Waals surface area contributed by atoms with Gasteiger partial charge in [0.05, 0.1) is 41.4 Å². The molecule has 1 aromatic carbocycles. The number of aromatic nitrogens is 3. The van der Waals surface area contributed by atoms with Crippen LogP contribution in [0.3, 0.4) is 0 Å². The number of ether oxygens (including phenoxy) is 1. The third-order valence-corrected chi connectivity index (χ3v) is 6.28. The fourth-order valence-corrected chi connectivity index (χ4v) is 4.56. The van der Waals surface area contributed by atoms with Crippen LogP contribution in [0.25, 0.3) is 17.3 Å². The zero-order valence-electron chi connectivity index (χ0n) is 18.5. The summed E-state index contributed by atoms with van der Waals surface area (Å²) in [4.78, 5) is 17.7. The molecule has 0 spiro atoms. The fourth-order valence-electron chi connectivity index (χ4n) is 3.92. The van der Waals surface area contributed by atoms with E-state index in [4.69, 9.17) is 44.0 Å². The molecule has 0 saturated heterocycles. The van der Waals surface area contributed by atoms with Gasteiger partial charge in [0, 0.05) is 22.4 Å². The second-order valence-electron chi connectivity index (χ2n) is 7.94. The van der Waals surface area contributed by atoms with Crippen molar-refractivity contribution in [3.8, 4) is 5.69 Å². The van der Waals surface area contributed by atoms with Crippen LogP contribution < -0.4 is 5.32 Å². The van der Waals surface area contributed by atoms with E-state index in [-0.39, 0.29) is 36.1 Å². The quantitative estimate of drug-likeness (QED) is 0.324. The van der Waals surface area contributed by atoms with Gasteiger partial charge in [0.1, 0.15) is 5.76 Å². The number of carbonyl (C=O) groups is 1. The molecular formula is C25H19Cl3N4O3. The SMILES string of the molecule is C[C@@H](NC(=O)c1nn(-c2ccc(Cl)cc2Cl)c2c1COC/C2=C\c1ccc(Cl)o1)c1ccccn1. The van der Waals surface area contributed by atoms with E-state index in [1.165, 1.54) is 0 Å². The van der Waals surface area contributed by atoms with Gasteiger partial charge in [-0.25, -0.2) is 4.68 Å². The summed E-state index contributed by atoms with van der Waals surface area (Å²) in [6, 6.07) is 13.7. The van der Waals surface area contributed by atoms with Crippen LogP contribution >= 0.6 is 34.8 Å². The number of amides is 1. The number of carbonyl (C=O) groups excluding carboxylic acids is 1. The lowest BCUT2D eigenvalue weighted by atomic mass is 10.0. The number of hydrogen-bond donors (Lipinski definition) is 1. The van der Waals surface area contributed by atoms with Gasteiger partial charge in [-0.15, -0.1) is 0 Å². The molecule has 1 amide bonds. The van der Waals surface area contributed by atoms with E-state index in [2.05, 4.69) is 15.4 Å². The molecule has 0 unspecified atom stereocenters. The van der Waals surface area contributed by atoms with Crippen LogP contribution in [-0.2, 0) is 11.3 Å². The number of fused-ring (bicyclic) bond motifs is 1. The lowest BCUT2D eigenvalue weighted by molar-refractivity contribution is 0.0925. The molecule has 1 aliphatic rings. The average molecular weight is 530 g/mol. The average Bonchev–Trinajstić information content (AvgIpc) is 3.43. The lowest BCUT2D eigenvalue weighted by Gasteiger charge is -2.19. The van der Waals surface area contributed by atoms with Gasteiger partial charge in [0.2, 0.25) is 0 Å². The second-order valence-corrected chi connectivity index (χ2v) is 9.15. The zero-order chi connectivity index (χ0) is 24.5. The predicted octanol–water partition coefficient (Wildman–Crippen LogP) is 6.38. The van der Waals surface area contributed by atoms with Crippen molar-refractivity contribution < 1.29 is 13.9 Å². The van der Waals surface area contributed by atoms with E-state index < -0.39 is 0 Å². The Hall–Kier alpha value is -3.10. The highest BCUT2D eigenvalue weighted by molar-refractivity contribution is 6.35. The molecule has 178 valence electrons. The van der Waals surface area contributed by atoms with Crippen LogP contribution in [0.5, 0.6) is 0 Å². The number of benzene rings is 1. The van der Waals surface area contributed by atoms with Gasteiger partial charge in [-0.2, -0.15) is 5.10 Å². The molecule has 5 rings (SSSR count). The molecule has 0 fully saturated rings. The maximum atomic E-state index is 13.4. The Bertz CT molecular complexity index is 1430. The molecule has 0 radical (unpaired) electrons. The Morgan fingerprint density at radius 1 is 1.14 bits per heavy atom. The molecule has 0 aliphatic carbocycles. The number of pyridine rings is 1. The molecule has 10 heteroatoms. The monoisotopic (exact) mass is 528 g/mol. The van der Waals surface area contributed by atoms with Crippen LogP contribution in [0.1, 0.15) is 46.2 Å².